The normalized spacial score (nSPS) is 18.6. The van der Waals surface area contributed by atoms with Gasteiger partial charge in [-0.3, -0.25) is 0 Å². The summed E-state index contributed by atoms with van der Waals surface area (Å²) in [5, 5.41) is 0. The molecule has 1 fully saturated rings. The highest BCUT2D eigenvalue weighted by atomic mass is 32.2. The molecule has 0 radical (unpaired) electrons. The lowest BCUT2D eigenvalue weighted by Gasteiger charge is -2.28. The second kappa shape index (κ2) is 6.85. The predicted octanol–water partition coefficient (Wildman–Crippen LogP) is 2.53. The molecule has 21 heavy (non-hydrogen) atoms. The van der Waals surface area contributed by atoms with Crippen LogP contribution in [0, 0.1) is 11.7 Å². The number of benzene rings is 1. The van der Waals surface area contributed by atoms with Crippen LogP contribution in [0.25, 0.3) is 0 Å². The van der Waals surface area contributed by atoms with Crippen LogP contribution in [-0.4, -0.2) is 14.5 Å². The van der Waals surface area contributed by atoms with E-state index in [9.17, 15) is 12.8 Å². The van der Waals surface area contributed by atoms with E-state index in [1.807, 2.05) is 6.92 Å². The Morgan fingerprint density at radius 1 is 1.33 bits per heavy atom. The summed E-state index contributed by atoms with van der Waals surface area (Å²) in [6, 6.07) is 3.78. The van der Waals surface area contributed by atoms with Crippen LogP contribution in [0.3, 0.4) is 0 Å². The molecule has 1 atom stereocenters. The van der Waals surface area contributed by atoms with Crippen molar-refractivity contribution in [2.75, 3.05) is 0 Å². The van der Waals surface area contributed by atoms with E-state index in [4.69, 9.17) is 5.73 Å². The second-order valence-corrected chi connectivity index (χ2v) is 7.46. The molecule has 0 spiro atoms. The molecule has 0 saturated heterocycles. The topological polar surface area (TPSA) is 72.2 Å². The van der Waals surface area contributed by atoms with Crippen molar-refractivity contribution in [3.8, 4) is 0 Å². The van der Waals surface area contributed by atoms with Crippen LogP contribution in [0.1, 0.15) is 44.6 Å². The van der Waals surface area contributed by atoms with E-state index in [-0.39, 0.29) is 17.5 Å². The molecule has 1 unspecified atom stereocenters. The van der Waals surface area contributed by atoms with Gasteiger partial charge in [-0.25, -0.2) is 17.5 Å². The maximum absolute atomic E-state index is 13.8. The SMILES string of the molecule is CC(NS(=O)(=O)c1cc(CN)ccc1F)C1CCCCC1. The Bertz CT molecular complexity index is 583. The molecule has 2 rings (SSSR count). The lowest BCUT2D eigenvalue weighted by molar-refractivity contribution is 0.303. The van der Waals surface area contributed by atoms with Gasteiger partial charge in [0.1, 0.15) is 10.7 Å². The number of rotatable bonds is 5. The minimum atomic E-state index is -3.85. The third kappa shape index (κ3) is 4.02. The van der Waals surface area contributed by atoms with Crippen LogP contribution in [0.4, 0.5) is 4.39 Å². The van der Waals surface area contributed by atoms with Crippen LogP contribution in [0.5, 0.6) is 0 Å². The molecule has 0 aromatic heterocycles. The van der Waals surface area contributed by atoms with Gasteiger partial charge in [0.25, 0.3) is 0 Å². The van der Waals surface area contributed by atoms with Gasteiger partial charge in [-0.1, -0.05) is 25.3 Å². The van der Waals surface area contributed by atoms with E-state index in [1.54, 1.807) is 0 Å². The molecule has 0 aliphatic heterocycles. The Morgan fingerprint density at radius 2 is 2.00 bits per heavy atom. The maximum Gasteiger partial charge on any atom is 0.243 e. The van der Waals surface area contributed by atoms with Gasteiger partial charge in [0.2, 0.25) is 10.0 Å². The van der Waals surface area contributed by atoms with E-state index >= 15 is 0 Å². The molecule has 118 valence electrons. The summed E-state index contributed by atoms with van der Waals surface area (Å²) in [4.78, 5) is -0.312. The molecule has 1 aromatic carbocycles. The fourth-order valence-corrected chi connectivity index (χ4v) is 4.36. The number of halogens is 1. The van der Waals surface area contributed by atoms with Crippen LogP contribution >= 0.6 is 0 Å². The molecule has 1 aliphatic carbocycles. The average Bonchev–Trinajstić information content (AvgIpc) is 2.48. The van der Waals surface area contributed by atoms with E-state index < -0.39 is 15.8 Å². The zero-order valence-corrected chi connectivity index (χ0v) is 13.1. The summed E-state index contributed by atoms with van der Waals surface area (Å²) in [5.74, 6) is -0.412. The third-order valence-electron chi connectivity index (χ3n) is 4.22. The molecule has 0 bridgehead atoms. The lowest BCUT2D eigenvalue weighted by atomic mass is 9.85. The van der Waals surface area contributed by atoms with Crippen molar-refractivity contribution in [1.82, 2.24) is 4.72 Å². The highest BCUT2D eigenvalue weighted by Crippen LogP contribution is 2.27. The zero-order chi connectivity index (χ0) is 15.5. The predicted molar refractivity (Wildman–Crippen MR) is 80.6 cm³/mol. The van der Waals surface area contributed by atoms with Crippen molar-refractivity contribution in [2.45, 2.75) is 56.5 Å². The van der Waals surface area contributed by atoms with Crippen molar-refractivity contribution < 1.29 is 12.8 Å². The molecule has 3 N–H and O–H groups in total. The lowest BCUT2D eigenvalue weighted by Crippen LogP contribution is -2.39. The molecule has 1 aromatic rings. The van der Waals surface area contributed by atoms with Gasteiger partial charge < -0.3 is 5.73 Å². The fraction of sp³-hybridized carbons (Fsp3) is 0.600. The molecule has 0 amide bonds. The minimum Gasteiger partial charge on any atom is -0.326 e. The van der Waals surface area contributed by atoms with Crippen molar-refractivity contribution >= 4 is 10.0 Å². The summed E-state index contributed by atoms with van der Waals surface area (Å²) in [5.41, 5.74) is 6.09. The summed E-state index contributed by atoms with van der Waals surface area (Å²) >= 11 is 0. The van der Waals surface area contributed by atoms with E-state index in [2.05, 4.69) is 4.72 Å². The average molecular weight is 314 g/mol. The van der Waals surface area contributed by atoms with Crippen LogP contribution in [-0.2, 0) is 16.6 Å². The van der Waals surface area contributed by atoms with E-state index in [1.165, 1.54) is 18.6 Å². The van der Waals surface area contributed by atoms with Crippen molar-refractivity contribution in [1.29, 1.82) is 0 Å². The summed E-state index contributed by atoms with van der Waals surface area (Å²) in [6.45, 7) is 2.04. The minimum absolute atomic E-state index is 0.182. The van der Waals surface area contributed by atoms with Crippen LogP contribution in [0.15, 0.2) is 23.1 Å². The molecule has 1 saturated carbocycles. The molecule has 0 heterocycles. The number of hydrogen-bond acceptors (Lipinski definition) is 3. The molecule has 4 nitrogen and oxygen atoms in total. The van der Waals surface area contributed by atoms with Crippen molar-refractivity contribution in [3.63, 3.8) is 0 Å². The first kappa shape index (κ1) is 16.4. The largest absolute Gasteiger partial charge is 0.326 e. The van der Waals surface area contributed by atoms with E-state index in [0.717, 1.165) is 31.7 Å². The Kier molecular flexibility index (Phi) is 5.35. The Labute approximate surface area is 126 Å². The Hall–Kier alpha value is -0.980. The Morgan fingerprint density at radius 3 is 2.62 bits per heavy atom. The maximum atomic E-state index is 13.8. The van der Waals surface area contributed by atoms with Gasteiger partial charge in [-0.15, -0.1) is 0 Å². The second-order valence-electron chi connectivity index (χ2n) is 5.78. The monoisotopic (exact) mass is 314 g/mol. The highest BCUT2D eigenvalue weighted by Gasteiger charge is 2.27. The zero-order valence-electron chi connectivity index (χ0n) is 12.3. The molecular weight excluding hydrogens is 291 g/mol. The van der Waals surface area contributed by atoms with Gasteiger partial charge in [0, 0.05) is 12.6 Å². The van der Waals surface area contributed by atoms with Crippen LogP contribution < -0.4 is 10.5 Å². The smallest absolute Gasteiger partial charge is 0.243 e. The molecular formula is C15H23FN2O2S. The van der Waals surface area contributed by atoms with Crippen molar-refractivity contribution in [2.24, 2.45) is 11.7 Å². The highest BCUT2D eigenvalue weighted by molar-refractivity contribution is 7.89. The molecule has 1 aliphatic rings. The number of nitrogens with two attached hydrogens (primary N) is 1. The van der Waals surface area contributed by atoms with Crippen LogP contribution in [0.2, 0.25) is 0 Å². The van der Waals surface area contributed by atoms with Gasteiger partial charge in [-0.05, 0) is 43.4 Å². The third-order valence-corrected chi connectivity index (χ3v) is 5.79. The van der Waals surface area contributed by atoms with Crippen molar-refractivity contribution in [3.05, 3.63) is 29.6 Å². The van der Waals surface area contributed by atoms with Gasteiger partial charge in [0.15, 0.2) is 0 Å². The summed E-state index contributed by atoms with van der Waals surface area (Å²) in [7, 11) is -3.85. The first-order valence-electron chi connectivity index (χ1n) is 7.45. The van der Waals surface area contributed by atoms with Gasteiger partial charge in [-0.2, -0.15) is 0 Å². The Balaban J connectivity index is 2.17. The number of nitrogens with one attached hydrogen (secondary N) is 1. The van der Waals surface area contributed by atoms with Gasteiger partial charge >= 0.3 is 0 Å². The summed E-state index contributed by atoms with van der Waals surface area (Å²) < 4.78 is 41.2. The number of sulfonamides is 1. The van der Waals surface area contributed by atoms with E-state index in [0.29, 0.717) is 11.5 Å². The quantitative estimate of drug-likeness (QED) is 0.877. The first-order valence-corrected chi connectivity index (χ1v) is 8.93. The van der Waals surface area contributed by atoms with Gasteiger partial charge in [0.05, 0.1) is 0 Å². The standard InChI is InChI=1S/C15H23FN2O2S/c1-11(13-5-3-2-4-6-13)18-21(19,20)15-9-12(10-17)7-8-14(15)16/h7-9,11,13,18H,2-6,10,17H2,1H3. The number of hydrogen-bond donors (Lipinski definition) is 2. The summed E-state index contributed by atoms with van der Waals surface area (Å²) in [6.07, 6.45) is 5.52. The fourth-order valence-electron chi connectivity index (χ4n) is 2.92. The molecule has 6 heteroatoms. The first-order chi connectivity index (χ1) is 9.94.